The Bertz CT molecular complexity index is 906. The van der Waals surface area contributed by atoms with E-state index >= 15 is 0 Å². The van der Waals surface area contributed by atoms with Crippen LogP contribution in [0.4, 0.5) is 5.82 Å². The zero-order valence-electron chi connectivity index (χ0n) is 14.5. The van der Waals surface area contributed by atoms with Gasteiger partial charge in [-0.2, -0.15) is 5.10 Å². The van der Waals surface area contributed by atoms with Crippen molar-refractivity contribution >= 4 is 27.7 Å². The van der Waals surface area contributed by atoms with Crippen LogP contribution >= 0.6 is 15.9 Å². The number of nitrogens with one attached hydrogen (secondary N) is 2. The molecule has 26 heavy (non-hydrogen) atoms. The largest absolute Gasteiger partial charge is 0.368 e. The first-order valence-electron chi connectivity index (χ1n) is 8.16. The van der Waals surface area contributed by atoms with Gasteiger partial charge in [-0.25, -0.2) is 14.6 Å². The molecule has 2 N–H and O–H groups in total. The Morgan fingerprint density at radius 1 is 1.12 bits per heavy atom. The fourth-order valence-electron chi connectivity index (χ4n) is 2.49. The predicted octanol–water partition coefficient (Wildman–Crippen LogP) is 2.88. The lowest BCUT2D eigenvalue weighted by Crippen LogP contribution is -2.28. The highest BCUT2D eigenvalue weighted by Gasteiger charge is 2.07. The number of anilines is 1. The molecule has 0 radical (unpaired) electrons. The molecule has 2 aromatic heterocycles. The van der Waals surface area contributed by atoms with Crippen molar-refractivity contribution in [3.63, 3.8) is 0 Å². The van der Waals surface area contributed by atoms with Crippen LogP contribution in [0.5, 0.6) is 0 Å². The van der Waals surface area contributed by atoms with E-state index in [0.717, 1.165) is 15.9 Å². The number of amides is 1. The molecule has 3 aromatic rings. The third-order valence-corrected chi connectivity index (χ3v) is 4.23. The highest BCUT2D eigenvalue weighted by Crippen LogP contribution is 2.12. The summed E-state index contributed by atoms with van der Waals surface area (Å²) < 4.78 is 2.72. The molecule has 7 nitrogen and oxygen atoms in total. The molecule has 0 spiro atoms. The van der Waals surface area contributed by atoms with E-state index in [1.54, 1.807) is 16.8 Å². The molecule has 2 heterocycles. The molecule has 0 atom stereocenters. The minimum atomic E-state index is -0.106. The maximum absolute atomic E-state index is 12.1. The van der Waals surface area contributed by atoms with Crippen molar-refractivity contribution in [3.05, 3.63) is 64.1 Å². The Labute approximate surface area is 160 Å². The predicted molar refractivity (Wildman–Crippen MR) is 104 cm³/mol. The molecule has 0 aliphatic rings. The maximum Gasteiger partial charge on any atom is 0.251 e. The van der Waals surface area contributed by atoms with Gasteiger partial charge in [-0.1, -0.05) is 15.9 Å². The molecule has 0 aliphatic carbocycles. The van der Waals surface area contributed by atoms with Gasteiger partial charge in [0.2, 0.25) is 0 Å². The Hall–Kier alpha value is -2.74. The Morgan fingerprint density at radius 3 is 2.58 bits per heavy atom. The molecule has 1 aromatic carbocycles. The van der Waals surface area contributed by atoms with Crippen LogP contribution in [0.15, 0.2) is 47.2 Å². The number of halogens is 1. The van der Waals surface area contributed by atoms with Crippen molar-refractivity contribution < 1.29 is 4.79 Å². The van der Waals surface area contributed by atoms with Gasteiger partial charge in [0.25, 0.3) is 5.91 Å². The van der Waals surface area contributed by atoms with Crippen LogP contribution < -0.4 is 10.6 Å². The first kappa shape index (κ1) is 18.1. The van der Waals surface area contributed by atoms with E-state index < -0.39 is 0 Å². The summed E-state index contributed by atoms with van der Waals surface area (Å²) in [4.78, 5) is 20.5. The Balaban J connectivity index is 1.54. The van der Waals surface area contributed by atoms with Crippen LogP contribution in [0.25, 0.3) is 5.82 Å². The summed E-state index contributed by atoms with van der Waals surface area (Å²) in [7, 11) is 0. The van der Waals surface area contributed by atoms with Crippen LogP contribution in [0.3, 0.4) is 0 Å². The number of aromatic nitrogens is 4. The van der Waals surface area contributed by atoms with Gasteiger partial charge in [0, 0.05) is 34.9 Å². The topological polar surface area (TPSA) is 84.7 Å². The van der Waals surface area contributed by atoms with Crippen molar-refractivity contribution in [3.8, 4) is 5.82 Å². The summed E-state index contributed by atoms with van der Waals surface area (Å²) in [6.45, 7) is 4.95. The summed E-state index contributed by atoms with van der Waals surface area (Å²) in [6, 6.07) is 11.1. The summed E-state index contributed by atoms with van der Waals surface area (Å²) in [5.74, 6) is 1.28. The second-order valence-corrected chi connectivity index (χ2v) is 6.71. The summed E-state index contributed by atoms with van der Waals surface area (Å²) in [5, 5.41) is 10.5. The van der Waals surface area contributed by atoms with Gasteiger partial charge in [0.05, 0.1) is 5.69 Å². The highest BCUT2D eigenvalue weighted by molar-refractivity contribution is 9.10. The molecular formula is C18H19BrN6O. The SMILES string of the molecule is Cc1cc(C)n(-c2cc(NCCNC(=O)c3ccc(Br)cc3)ncn2)n1. The van der Waals surface area contributed by atoms with E-state index in [1.165, 1.54) is 6.33 Å². The van der Waals surface area contributed by atoms with Gasteiger partial charge in [-0.05, 0) is 44.2 Å². The molecular weight excluding hydrogens is 396 g/mol. The van der Waals surface area contributed by atoms with Crippen molar-refractivity contribution in [1.29, 1.82) is 0 Å². The lowest BCUT2D eigenvalue weighted by atomic mass is 10.2. The third kappa shape index (κ3) is 4.45. The second-order valence-electron chi connectivity index (χ2n) is 5.79. The van der Waals surface area contributed by atoms with Gasteiger partial charge in [-0.15, -0.1) is 0 Å². The highest BCUT2D eigenvalue weighted by atomic mass is 79.9. The van der Waals surface area contributed by atoms with E-state index in [1.807, 2.05) is 38.1 Å². The number of benzene rings is 1. The lowest BCUT2D eigenvalue weighted by molar-refractivity contribution is 0.0955. The molecule has 0 aliphatic heterocycles. The molecule has 0 saturated carbocycles. The number of hydrogen-bond acceptors (Lipinski definition) is 5. The third-order valence-electron chi connectivity index (χ3n) is 3.70. The minimum absolute atomic E-state index is 0.106. The van der Waals surface area contributed by atoms with Crippen LogP contribution in [0, 0.1) is 13.8 Å². The quantitative estimate of drug-likeness (QED) is 0.605. The average Bonchev–Trinajstić information content (AvgIpc) is 2.98. The van der Waals surface area contributed by atoms with Gasteiger partial charge >= 0.3 is 0 Å². The molecule has 134 valence electrons. The molecule has 0 unspecified atom stereocenters. The summed E-state index contributed by atoms with van der Waals surface area (Å²) in [6.07, 6.45) is 1.49. The number of nitrogens with zero attached hydrogens (tertiary/aromatic N) is 4. The van der Waals surface area contributed by atoms with Crippen LogP contribution in [-0.4, -0.2) is 38.7 Å². The lowest BCUT2D eigenvalue weighted by Gasteiger charge is -2.09. The standard InChI is InChI=1S/C18H19BrN6O/c1-12-9-13(2)25(24-12)17-10-16(22-11-23-17)20-7-8-21-18(26)14-3-5-15(19)6-4-14/h3-6,9-11H,7-8H2,1-2H3,(H,21,26)(H,20,22,23). The van der Waals surface area contributed by atoms with Gasteiger partial charge in [0.15, 0.2) is 5.82 Å². The van der Waals surface area contributed by atoms with E-state index in [0.29, 0.717) is 30.3 Å². The molecule has 0 saturated heterocycles. The molecule has 1 amide bonds. The number of hydrogen-bond donors (Lipinski definition) is 2. The van der Waals surface area contributed by atoms with E-state index in [2.05, 4.69) is 41.6 Å². The van der Waals surface area contributed by atoms with Crippen LogP contribution in [0.1, 0.15) is 21.7 Å². The molecule has 0 bridgehead atoms. The fourth-order valence-corrected chi connectivity index (χ4v) is 2.75. The van der Waals surface area contributed by atoms with Crippen LogP contribution in [0.2, 0.25) is 0 Å². The number of aryl methyl sites for hydroxylation is 2. The van der Waals surface area contributed by atoms with E-state index in [-0.39, 0.29) is 5.91 Å². The fraction of sp³-hybridized carbons (Fsp3) is 0.222. The average molecular weight is 415 g/mol. The number of carbonyl (C=O) groups excluding carboxylic acids is 1. The zero-order chi connectivity index (χ0) is 18.5. The van der Waals surface area contributed by atoms with Gasteiger partial charge < -0.3 is 10.6 Å². The molecule has 8 heteroatoms. The molecule has 3 rings (SSSR count). The summed E-state index contributed by atoms with van der Waals surface area (Å²) in [5.41, 5.74) is 2.57. The number of rotatable bonds is 6. The molecule has 0 fully saturated rings. The van der Waals surface area contributed by atoms with Gasteiger partial charge in [0.1, 0.15) is 12.1 Å². The number of carbonyl (C=O) groups is 1. The first-order valence-corrected chi connectivity index (χ1v) is 8.95. The zero-order valence-corrected chi connectivity index (χ0v) is 16.1. The minimum Gasteiger partial charge on any atom is -0.368 e. The normalized spacial score (nSPS) is 10.6. The smallest absolute Gasteiger partial charge is 0.251 e. The Morgan fingerprint density at radius 2 is 1.88 bits per heavy atom. The van der Waals surface area contributed by atoms with Gasteiger partial charge in [-0.3, -0.25) is 4.79 Å². The maximum atomic E-state index is 12.1. The van der Waals surface area contributed by atoms with Crippen molar-refractivity contribution in [2.24, 2.45) is 0 Å². The second kappa shape index (κ2) is 8.09. The van der Waals surface area contributed by atoms with E-state index in [4.69, 9.17) is 0 Å². The summed E-state index contributed by atoms with van der Waals surface area (Å²) >= 11 is 3.35. The van der Waals surface area contributed by atoms with E-state index in [9.17, 15) is 4.79 Å². The monoisotopic (exact) mass is 414 g/mol. The van der Waals surface area contributed by atoms with Crippen molar-refractivity contribution in [1.82, 2.24) is 25.1 Å². The van der Waals surface area contributed by atoms with Crippen LogP contribution in [-0.2, 0) is 0 Å². The van der Waals surface area contributed by atoms with Crippen molar-refractivity contribution in [2.45, 2.75) is 13.8 Å². The first-order chi connectivity index (χ1) is 12.5. The Kier molecular flexibility index (Phi) is 5.62. The van der Waals surface area contributed by atoms with Crippen molar-refractivity contribution in [2.75, 3.05) is 18.4 Å².